The number of carbonyl (C=O) groups is 2. The third-order valence-electron chi connectivity index (χ3n) is 4.38. The van der Waals surface area contributed by atoms with Gasteiger partial charge in [-0.3, -0.25) is 4.79 Å². The lowest BCUT2D eigenvalue weighted by Crippen LogP contribution is -2.59. The Bertz CT molecular complexity index is 612. The van der Waals surface area contributed by atoms with E-state index < -0.39 is 18.2 Å². The highest BCUT2D eigenvalue weighted by molar-refractivity contribution is 5.90. The van der Waals surface area contributed by atoms with E-state index in [1.807, 2.05) is 20.8 Å². The van der Waals surface area contributed by atoms with Gasteiger partial charge in [0.05, 0.1) is 6.04 Å². The Morgan fingerprint density at radius 3 is 2.48 bits per heavy atom. The molecule has 1 saturated heterocycles. The number of nitrogens with one attached hydrogen (secondary N) is 2. The summed E-state index contributed by atoms with van der Waals surface area (Å²) in [6, 6.07) is 4.45. The van der Waals surface area contributed by atoms with Gasteiger partial charge in [-0.1, -0.05) is 20.8 Å². The van der Waals surface area contributed by atoms with Gasteiger partial charge in [-0.15, -0.1) is 0 Å². The number of amides is 3. The van der Waals surface area contributed by atoms with Crippen molar-refractivity contribution in [2.24, 2.45) is 11.1 Å². The molecule has 138 valence electrons. The summed E-state index contributed by atoms with van der Waals surface area (Å²) in [6.07, 6.45) is 2.10. The monoisotopic (exact) mass is 350 g/mol. The molecular weight excluding hydrogens is 323 g/mol. The number of urea groups is 1. The molecule has 1 aliphatic heterocycles. The highest BCUT2D eigenvalue weighted by atomic mass is 19.1. The third kappa shape index (κ3) is 5.16. The summed E-state index contributed by atoms with van der Waals surface area (Å²) in [4.78, 5) is 26.6. The summed E-state index contributed by atoms with van der Waals surface area (Å²) in [5.41, 5.74) is 6.23. The summed E-state index contributed by atoms with van der Waals surface area (Å²) in [6.45, 7) is 6.33. The lowest BCUT2D eigenvalue weighted by Gasteiger charge is -2.39. The Labute approximate surface area is 147 Å². The molecule has 6 nitrogen and oxygen atoms in total. The van der Waals surface area contributed by atoms with Crippen molar-refractivity contribution in [2.45, 2.75) is 52.2 Å². The molecule has 1 heterocycles. The number of carbonyl (C=O) groups excluding carboxylic acids is 2. The van der Waals surface area contributed by atoms with Crippen molar-refractivity contribution >= 4 is 17.6 Å². The van der Waals surface area contributed by atoms with Gasteiger partial charge in [-0.25, -0.2) is 9.18 Å². The maximum Gasteiger partial charge on any atom is 0.320 e. The molecule has 1 unspecified atom stereocenters. The molecule has 0 aliphatic carbocycles. The average molecular weight is 350 g/mol. The maximum absolute atomic E-state index is 12.9. The molecule has 1 fully saturated rings. The third-order valence-corrected chi connectivity index (χ3v) is 4.38. The van der Waals surface area contributed by atoms with Crippen LogP contribution in [0.4, 0.5) is 14.9 Å². The second-order valence-corrected chi connectivity index (χ2v) is 7.49. The van der Waals surface area contributed by atoms with Crippen molar-refractivity contribution in [3.8, 4) is 0 Å². The summed E-state index contributed by atoms with van der Waals surface area (Å²) >= 11 is 0. The van der Waals surface area contributed by atoms with Crippen molar-refractivity contribution in [2.75, 3.05) is 11.9 Å². The highest BCUT2D eigenvalue weighted by Gasteiger charge is 2.35. The van der Waals surface area contributed by atoms with E-state index in [1.54, 1.807) is 4.90 Å². The summed E-state index contributed by atoms with van der Waals surface area (Å²) in [5, 5.41) is 5.47. The number of benzene rings is 1. The molecule has 0 bridgehead atoms. The first-order valence-corrected chi connectivity index (χ1v) is 8.57. The molecule has 4 N–H and O–H groups in total. The van der Waals surface area contributed by atoms with E-state index in [4.69, 9.17) is 5.73 Å². The number of halogens is 1. The zero-order chi connectivity index (χ0) is 18.6. The van der Waals surface area contributed by atoms with E-state index >= 15 is 0 Å². The van der Waals surface area contributed by atoms with E-state index in [0.29, 0.717) is 18.7 Å². The number of likely N-dealkylation sites (tertiary alicyclic amines) is 1. The van der Waals surface area contributed by atoms with Crippen LogP contribution in [0.15, 0.2) is 24.3 Å². The van der Waals surface area contributed by atoms with Gasteiger partial charge in [0.1, 0.15) is 12.0 Å². The summed E-state index contributed by atoms with van der Waals surface area (Å²) in [7, 11) is 0. The maximum atomic E-state index is 12.9. The second kappa shape index (κ2) is 7.82. The van der Waals surface area contributed by atoms with Crippen LogP contribution < -0.4 is 16.4 Å². The Morgan fingerprint density at radius 2 is 1.88 bits per heavy atom. The van der Waals surface area contributed by atoms with E-state index in [1.165, 1.54) is 24.3 Å². The molecule has 2 atom stereocenters. The summed E-state index contributed by atoms with van der Waals surface area (Å²) in [5.74, 6) is -0.523. The Hall–Kier alpha value is -2.15. The Balaban J connectivity index is 2.01. The second-order valence-electron chi connectivity index (χ2n) is 7.49. The number of hydrogen-bond acceptors (Lipinski definition) is 3. The van der Waals surface area contributed by atoms with Crippen molar-refractivity contribution in [3.05, 3.63) is 30.1 Å². The molecule has 1 aliphatic rings. The van der Waals surface area contributed by atoms with Crippen LogP contribution in [-0.2, 0) is 4.79 Å². The molecule has 2 rings (SSSR count). The normalized spacial score (nSPS) is 19.2. The highest BCUT2D eigenvalue weighted by Crippen LogP contribution is 2.23. The first-order valence-electron chi connectivity index (χ1n) is 8.57. The van der Waals surface area contributed by atoms with Crippen molar-refractivity contribution in [1.82, 2.24) is 10.2 Å². The van der Waals surface area contributed by atoms with E-state index in [9.17, 15) is 14.0 Å². The van der Waals surface area contributed by atoms with Gasteiger partial charge in [0.25, 0.3) is 0 Å². The zero-order valence-corrected chi connectivity index (χ0v) is 15.0. The van der Waals surface area contributed by atoms with Crippen LogP contribution in [0.25, 0.3) is 0 Å². The fourth-order valence-corrected chi connectivity index (χ4v) is 2.75. The fraction of sp³-hybridized carbons (Fsp3) is 0.556. The molecule has 25 heavy (non-hydrogen) atoms. The van der Waals surface area contributed by atoms with Crippen LogP contribution in [0.2, 0.25) is 0 Å². The molecule has 0 radical (unpaired) electrons. The van der Waals surface area contributed by atoms with Crippen LogP contribution in [0.1, 0.15) is 40.0 Å². The SMILES string of the molecule is CC(C)(C)[C@H](N)C(=O)N1CCCCC1NC(=O)Nc1ccc(F)cc1. The van der Waals surface area contributed by atoms with Crippen molar-refractivity contribution < 1.29 is 14.0 Å². The standard InChI is InChI=1S/C18H27FN4O2/c1-18(2,3)15(20)16(24)23-11-5-4-6-14(23)22-17(25)21-13-9-7-12(19)8-10-13/h7-10,14-15H,4-6,11,20H2,1-3H3,(H2,21,22,25)/t14?,15-/m1/s1. The number of anilines is 1. The number of nitrogens with two attached hydrogens (primary N) is 1. The molecular formula is C18H27FN4O2. The van der Waals surface area contributed by atoms with Gasteiger partial charge >= 0.3 is 6.03 Å². The number of piperidine rings is 1. The van der Waals surface area contributed by atoms with Crippen LogP contribution in [0.5, 0.6) is 0 Å². The Morgan fingerprint density at radius 1 is 1.24 bits per heavy atom. The van der Waals surface area contributed by atoms with E-state index in [-0.39, 0.29) is 17.1 Å². The molecule has 0 aromatic heterocycles. The van der Waals surface area contributed by atoms with Crippen molar-refractivity contribution in [3.63, 3.8) is 0 Å². The predicted molar refractivity (Wildman–Crippen MR) is 95.3 cm³/mol. The minimum absolute atomic E-state index is 0.153. The van der Waals surface area contributed by atoms with Gasteiger partial charge < -0.3 is 21.3 Å². The van der Waals surface area contributed by atoms with E-state index in [0.717, 1.165) is 12.8 Å². The van der Waals surface area contributed by atoms with E-state index in [2.05, 4.69) is 10.6 Å². The summed E-state index contributed by atoms with van der Waals surface area (Å²) < 4.78 is 12.9. The van der Waals surface area contributed by atoms with Gasteiger partial charge in [-0.05, 0) is 48.9 Å². The first-order chi connectivity index (χ1) is 11.7. The van der Waals surface area contributed by atoms with Crippen LogP contribution in [-0.4, -0.2) is 35.6 Å². The average Bonchev–Trinajstić information content (AvgIpc) is 2.55. The van der Waals surface area contributed by atoms with Gasteiger partial charge in [0, 0.05) is 12.2 Å². The minimum atomic E-state index is -0.630. The number of rotatable bonds is 3. The molecule has 0 saturated carbocycles. The Kier molecular flexibility index (Phi) is 6.00. The molecule has 1 aromatic rings. The van der Waals surface area contributed by atoms with Gasteiger partial charge in [0.15, 0.2) is 0 Å². The number of nitrogens with zero attached hydrogens (tertiary/aromatic N) is 1. The molecule has 1 aromatic carbocycles. The van der Waals surface area contributed by atoms with Crippen LogP contribution in [0, 0.1) is 11.2 Å². The molecule has 3 amide bonds. The van der Waals surface area contributed by atoms with Crippen molar-refractivity contribution in [1.29, 1.82) is 0 Å². The first kappa shape index (κ1) is 19.2. The van der Waals surface area contributed by atoms with Gasteiger partial charge in [-0.2, -0.15) is 0 Å². The van der Waals surface area contributed by atoms with Crippen LogP contribution in [0.3, 0.4) is 0 Å². The largest absolute Gasteiger partial charge is 0.321 e. The smallest absolute Gasteiger partial charge is 0.320 e. The topological polar surface area (TPSA) is 87.5 Å². The van der Waals surface area contributed by atoms with Crippen LogP contribution >= 0.6 is 0 Å². The predicted octanol–water partition coefficient (Wildman–Crippen LogP) is 2.66. The quantitative estimate of drug-likeness (QED) is 0.783. The lowest BCUT2D eigenvalue weighted by molar-refractivity contribution is -0.139. The lowest BCUT2D eigenvalue weighted by atomic mass is 9.86. The minimum Gasteiger partial charge on any atom is -0.321 e. The fourth-order valence-electron chi connectivity index (χ4n) is 2.75. The number of hydrogen-bond donors (Lipinski definition) is 3. The van der Waals surface area contributed by atoms with Gasteiger partial charge in [0.2, 0.25) is 5.91 Å². The zero-order valence-electron chi connectivity index (χ0n) is 15.0. The molecule has 0 spiro atoms. The molecule has 7 heteroatoms.